The molecule has 0 aliphatic heterocycles. The van der Waals surface area contributed by atoms with E-state index in [1.807, 2.05) is 46.8 Å². The van der Waals surface area contributed by atoms with E-state index in [1.54, 1.807) is 35.2 Å². The highest BCUT2D eigenvalue weighted by atomic mass is 16.6. The molecule has 0 aromatic heterocycles. The summed E-state index contributed by atoms with van der Waals surface area (Å²) in [5.41, 5.74) is 2.23. The van der Waals surface area contributed by atoms with Crippen LogP contribution in [0.5, 0.6) is 0 Å². The third-order valence-electron chi connectivity index (χ3n) is 4.48. The summed E-state index contributed by atoms with van der Waals surface area (Å²) < 4.78 is 10.5. The number of carbonyl (C=O) groups excluding carboxylic acids is 3. The zero-order chi connectivity index (χ0) is 23.2. The number of ether oxygens (including phenoxy) is 2. The zero-order valence-corrected chi connectivity index (χ0v) is 19.1. The Morgan fingerprint density at radius 1 is 1.06 bits per heavy atom. The van der Waals surface area contributed by atoms with Crippen LogP contribution in [0.4, 0.5) is 4.79 Å². The van der Waals surface area contributed by atoms with Gasteiger partial charge in [-0.15, -0.1) is 0 Å². The number of amides is 1. The maximum Gasteiger partial charge on any atom is 0.410 e. The molecular formula is C25H31NO5. The smallest absolute Gasteiger partial charge is 0.410 e. The van der Waals surface area contributed by atoms with Gasteiger partial charge in [-0.3, -0.25) is 4.79 Å². The molecule has 0 unspecified atom stereocenters. The molecule has 2 aromatic carbocycles. The Labute approximate surface area is 184 Å². The number of esters is 1. The number of hydrogen-bond acceptors (Lipinski definition) is 5. The molecule has 6 nitrogen and oxygen atoms in total. The van der Waals surface area contributed by atoms with Gasteiger partial charge < -0.3 is 14.4 Å². The summed E-state index contributed by atoms with van der Waals surface area (Å²) in [4.78, 5) is 38.4. The van der Waals surface area contributed by atoms with Gasteiger partial charge in [0.25, 0.3) is 0 Å². The first-order valence-corrected chi connectivity index (χ1v) is 10.3. The van der Waals surface area contributed by atoms with Gasteiger partial charge in [0, 0.05) is 18.7 Å². The van der Waals surface area contributed by atoms with Gasteiger partial charge in [-0.2, -0.15) is 0 Å². The lowest BCUT2D eigenvalue weighted by Gasteiger charge is -2.29. The number of nitrogens with zero attached hydrogens (tertiary/aromatic N) is 1. The molecule has 2 aromatic rings. The largest absolute Gasteiger partial charge is 0.465 e. The summed E-state index contributed by atoms with van der Waals surface area (Å²) in [6.07, 6.45) is 0.355. The van der Waals surface area contributed by atoms with Gasteiger partial charge in [0.05, 0.1) is 12.7 Å². The number of methoxy groups -OCH3 is 1. The van der Waals surface area contributed by atoms with Crippen molar-refractivity contribution in [2.45, 2.75) is 46.8 Å². The number of hydrogen-bond donors (Lipinski definition) is 0. The first-order chi connectivity index (χ1) is 14.6. The van der Waals surface area contributed by atoms with Crippen LogP contribution in [0.25, 0.3) is 11.1 Å². The summed E-state index contributed by atoms with van der Waals surface area (Å²) in [5.74, 6) is -0.267. The molecule has 0 fully saturated rings. The maximum absolute atomic E-state index is 12.7. The minimum atomic E-state index is -0.605. The molecule has 0 saturated heterocycles. The number of rotatable bonds is 7. The second-order valence-electron chi connectivity index (χ2n) is 8.83. The van der Waals surface area contributed by atoms with Crippen molar-refractivity contribution < 1.29 is 23.9 Å². The second kappa shape index (κ2) is 10.2. The first-order valence-electron chi connectivity index (χ1n) is 10.3. The predicted octanol–water partition coefficient (Wildman–Crippen LogP) is 5.35. The highest BCUT2D eigenvalue weighted by molar-refractivity contribution is 6.00. The van der Waals surface area contributed by atoms with Crippen molar-refractivity contribution in [1.82, 2.24) is 4.90 Å². The van der Waals surface area contributed by atoms with Crippen LogP contribution in [0.1, 0.15) is 60.9 Å². The maximum atomic E-state index is 12.7. The third kappa shape index (κ3) is 6.67. The molecule has 0 aliphatic rings. The molecule has 0 aliphatic carbocycles. The molecule has 31 heavy (non-hydrogen) atoms. The van der Waals surface area contributed by atoms with Crippen LogP contribution < -0.4 is 0 Å². The molecule has 0 atom stereocenters. The fourth-order valence-corrected chi connectivity index (χ4v) is 3.24. The van der Waals surface area contributed by atoms with Crippen molar-refractivity contribution >= 4 is 18.3 Å². The molecule has 166 valence electrons. The van der Waals surface area contributed by atoms with Crippen LogP contribution in [-0.4, -0.2) is 42.5 Å². The quantitative estimate of drug-likeness (QED) is 0.442. The van der Waals surface area contributed by atoms with Gasteiger partial charge in [0.1, 0.15) is 5.60 Å². The van der Waals surface area contributed by atoms with Crippen LogP contribution in [0.2, 0.25) is 0 Å². The number of carbonyl (C=O) groups is 3. The molecule has 0 radical (unpaired) electrons. The van der Waals surface area contributed by atoms with Gasteiger partial charge in [0.15, 0.2) is 6.29 Å². The van der Waals surface area contributed by atoms with E-state index in [1.165, 1.54) is 7.11 Å². The van der Waals surface area contributed by atoms with Crippen molar-refractivity contribution in [3.63, 3.8) is 0 Å². The van der Waals surface area contributed by atoms with Crippen LogP contribution in [0.15, 0.2) is 42.5 Å². The fraction of sp³-hybridized carbons (Fsp3) is 0.400. The van der Waals surface area contributed by atoms with E-state index >= 15 is 0 Å². The molecule has 1 amide bonds. The first kappa shape index (κ1) is 24.1. The Bertz CT molecular complexity index is 943. The van der Waals surface area contributed by atoms with Crippen LogP contribution in [-0.2, 0) is 16.0 Å². The Kier molecular flexibility index (Phi) is 7.97. The van der Waals surface area contributed by atoms with E-state index in [0.29, 0.717) is 28.8 Å². The Hall–Kier alpha value is -3.15. The highest BCUT2D eigenvalue weighted by Crippen LogP contribution is 2.29. The standard InChI is InChI=1S/C25H31NO5/c1-17(2)14-26(24(29)31-25(3,4)5)15-18-11-12-21(22(13-18)23(28)30-6)20-10-8-7-9-19(20)16-27/h7-13,16-17H,14-15H2,1-6H3. The van der Waals surface area contributed by atoms with Crippen molar-refractivity contribution in [2.75, 3.05) is 13.7 Å². The van der Waals surface area contributed by atoms with E-state index < -0.39 is 17.7 Å². The highest BCUT2D eigenvalue weighted by Gasteiger charge is 2.24. The zero-order valence-electron chi connectivity index (χ0n) is 19.1. The molecule has 0 bridgehead atoms. The Morgan fingerprint density at radius 3 is 2.32 bits per heavy atom. The topological polar surface area (TPSA) is 72.9 Å². The van der Waals surface area contributed by atoms with Gasteiger partial charge in [-0.25, -0.2) is 9.59 Å². The van der Waals surface area contributed by atoms with Crippen molar-refractivity contribution in [2.24, 2.45) is 5.92 Å². The Balaban J connectivity index is 2.45. The molecule has 0 spiro atoms. The molecule has 2 rings (SSSR count). The third-order valence-corrected chi connectivity index (χ3v) is 4.48. The number of benzene rings is 2. The van der Waals surface area contributed by atoms with Gasteiger partial charge in [-0.05, 0) is 49.4 Å². The van der Waals surface area contributed by atoms with Crippen LogP contribution in [0, 0.1) is 5.92 Å². The van der Waals surface area contributed by atoms with Crippen molar-refractivity contribution in [1.29, 1.82) is 0 Å². The monoisotopic (exact) mass is 425 g/mol. The average molecular weight is 426 g/mol. The van der Waals surface area contributed by atoms with Crippen LogP contribution in [0.3, 0.4) is 0 Å². The molecule has 0 saturated carbocycles. The molecule has 0 N–H and O–H groups in total. The van der Waals surface area contributed by atoms with Crippen molar-refractivity contribution in [3.8, 4) is 11.1 Å². The van der Waals surface area contributed by atoms with E-state index in [0.717, 1.165) is 11.8 Å². The minimum Gasteiger partial charge on any atom is -0.465 e. The fourth-order valence-electron chi connectivity index (χ4n) is 3.24. The van der Waals surface area contributed by atoms with Gasteiger partial charge >= 0.3 is 12.1 Å². The van der Waals surface area contributed by atoms with E-state index in [2.05, 4.69) is 0 Å². The average Bonchev–Trinajstić information content (AvgIpc) is 2.71. The summed E-state index contributed by atoms with van der Waals surface area (Å²) in [7, 11) is 1.32. The summed E-state index contributed by atoms with van der Waals surface area (Å²) in [5, 5.41) is 0. The lowest BCUT2D eigenvalue weighted by molar-refractivity contribution is 0.0211. The van der Waals surface area contributed by atoms with Gasteiger partial charge in [-0.1, -0.05) is 50.2 Å². The number of aldehydes is 1. The lowest BCUT2D eigenvalue weighted by Crippen LogP contribution is -2.38. The van der Waals surface area contributed by atoms with Gasteiger partial charge in [0.2, 0.25) is 0 Å². The minimum absolute atomic E-state index is 0.242. The van der Waals surface area contributed by atoms with Crippen LogP contribution >= 0.6 is 0 Å². The van der Waals surface area contributed by atoms with E-state index in [-0.39, 0.29) is 12.5 Å². The second-order valence-corrected chi connectivity index (χ2v) is 8.83. The summed E-state index contributed by atoms with van der Waals surface area (Å²) >= 11 is 0. The lowest BCUT2D eigenvalue weighted by atomic mass is 9.94. The normalized spacial score (nSPS) is 11.2. The summed E-state index contributed by atoms with van der Waals surface area (Å²) in [6.45, 7) is 10.3. The predicted molar refractivity (Wildman–Crippen MR) is 120 cm³/mol. The van der Waals surface area contributed by atoms with Crippen molar-refractivity contribution in [3.05, 3.63) is 59.2 Å². The summed E-state index contributed by atoms with van der Waals surface area (Å²) in [6, 6.07) is 12.4. The molecule has 6 heteroatoms. The van der Waals surface area contributed by atoms with E-state index in [9.17, 15) is 14.4 Å². The Morgan fingerprint density at radius 2 is 1.74 bits per heavy atom. The molecule has 0 heterocycles. The SMILES string of the molecule is COC(=O)c1cc(CN(CC(C)C)C(=O)OC(C)(C)C)ccc1-c1ccccc1C=O. The molecular weight excluding hydrogens is 394 g/mol. The van der Waals surface area contributed by atoms with E-state index in [4.69, 9.17) is 9.47 Å².